The summed E-state index contributed by atoms with van der Waals surface area (Å²) >= 11 is 6.22. The minimum absolute atomic E-state index is 0.438. The monoisotopic (exact) mass is 275 g/mol. The Hall–Kier alpha value is -1.51. The van der Waals surface area contributed by atoms with Crippen LogP contribution in [0, 0.1) is 13.8 Å². The molecule has 0 aliphatic rings. The van der Waals surface area contributed by atoms with Crippen LogP contribution in [0.25, 0.3) is 0 Å². The maximum atomic E-state index is 10.1. The fourth-order valence-corrected chi connectivity index (χ4v) is 2.52. The third kappa shape index (κ3) is 3.49. The number of aliphatic hydroxyl groups is 1. The molecule has 0 fully saturated rings. The Morgan fingerprint density at radius 2 is 1.84 bits per heavy atom. The van der Waals surface area contributed by atoms with Gasteiger partial charge in [0.05, 0.1) is 16.8 Å². The molecule has 0 amide bonds. The Morgan fingerprint density at radius 3 is 2.47 bits per heavy atom. The smallest absolute Gasteiger partial charge is 0.0962 e. The number of benzene rings is 2. The van der Waals surface area contributed by atoms with Crippen LogP contribution in [-0.2, 0) is 0 Å². The molecular weight excluding hydrogens is 258 g/mol. The molecule has 2 N–H and O–H groups in total. The van der Waals surface area contributed by atoms with Crippen LogP contribution >= 0.6 is 11.6 Å². The van der Waals surface area contributed by atoms with Crippen LogP contribution in [0.5, 0.6) is 0 Å². The number of halogens is 1. The maximum absolute atomic E-state index is 10.1. The predicted molar refractivity (Wildman–Crippen MR) is 80.8 cm³/mol. The van der Waals surface area contributed by atoms with Gasteiger partial charge in [-0.25, -0.2) is 0 Å². The molecular formula is C16H18ClNO. The van der Waals surface area contributed by atoms with Gasteiger partial charge in [0.25, 0.3) is 0 Å². The zero-order valence-corrected chi connectivity index (χ0v) is 11.9. The van der Waals surface area contributed by atoms with E-state index in [1.165, 1.54) is 0 Å². The number of anilines is 1. The molecule has 2 nitrogen and oxygen atoms in total. The number of rotatable bonds is 4. The van der Waals surface area contributed by atoms with E-state index in [0.29, 0.717) is 11.6 Å². The molecule has 2 aromatic rings. The van der Waals surface area contributed by atoms with Crippen molar-refractivity contribution in [3.8, 4) is 0 Å². The van der Waals surface area contributed by atoms with Crippen molar-refractivity contribution in [2.75, 3.05) is 11.9 Å². The van der Waals surface area contributed by atoms with E-state index in [4.69, 9.17) is 11.6 Å². The number of aliphatic hydroxyl groups excluding tert-OH is 1. The zero-order valence-electron chi connectivity index (χ0n) is 11.2. The van der Waals surface area contributed by atoms with Crippen molar-refractivity contribution in [3.63, 3.8) is 0 Å². The van der Waals surface area contributed by atoms with Crippen LogP contribution in [-0.4, -0.2) is 11.7 Å². The molecule has 0 saturated carbocycles. The Morgan fingerprint density at radius 1 is 1.16 bits per heavy atom. The molecule has 2 aromatic carbocycles. The van der Waals surface area contributed by atoms with Gasteiger partial charge < -0.3 is 10.4 Å². The Labute approximate surface area is 119 Å². The molecule has 0 spiro atoms. The lowest BCUT2D eigenvalue weighted by molar-refractivity contribution is 0.191. The first kappa shape index (κ1) is 13.9. The molecule has 0 heterocycles. The van der Waals surface area contributed by atoms with Gasteiger partial charge in [-0.05, 0) is 36.6 Å². The third-order valence-corrected chi connectivity index (χ3v) is 3.39. The standard InChI is InChI=1S/C16H18ClNO/c1-11-8-12(2)16(14(17)9-11)18-10-15(19)13-6-4-3-5-7-13/h3-9,15,18-19H,10H2,1-2H3. The molecule has 0 aliphatic heterocycles. The first-order valence-corrected chi connectivity index (χ1v) is 6.69. The summed E-state index contributed by atoms with van der Waals surface area (Å²) in [5.74, 6) is 0. The van der Waals surface area contributed by atoms with Crippen LogP contribution in [0.1, 0.15) is 22.8 Å². The van der Waals surface area contributed by atoms with Gasteiger partial charge in [-0.2, -0.15) is 0 Å². The van der Waals surface area contributed by atoms with E-state index in [1.807, 2.05) is 50.2 Å². The SMILES string of the molecule is Cc1cc(C)c(NCC(O)c2ccccc2)c(Cl)c1. The molecule has 2 rings (SSSR count). The van der Waals surface area contributed by atoms with Crippen LogP contribution in [0.3, 0.4) is 0 Å². The van der Waals surface area contributed by atoms with Gasteiger partial charge in [-0.1, -0.05) is 48.0 Å². The average Bonchev–Trinajstić information content (AvgIpc) is 2.38. The van der Waals surface area contributed by atoms with E-state index in [-0.39, 0.29) is 0 Å². The summed E-state index contributed by atoms with van der Waals surface area (Å²) < 4.78 is 0. The Bertz CT molecular complexity index is 531. The number of aryl methyl sites for hydroxylation is 2. The molecule has 0 saturated heterocycles. The topological polar surface area (TPSA) is 32.3 Å². The molecule has 0 bridgehead atoms. The van der Waals surface area contributed by atoms with E-state index in [9.17, 15) is 5.11 Å². The van der Waals surface area contributed by atoms with Crippen LogP contribution in [0.4, 0.5) is 5.69 Å². The van der Waals surface area contributed by atoms with Gasteiger partial charge >= 0.3 is 0 Å². The van der Waals surface area contributed by atoms with E-state index in [2.05, 4.69) is 11.4 Å². The molecule has 0 aromatic heterocycles. The molecule has 19 heavy (non-hydrogen) atoms. The van der Waals surface area contributed by atoms with E-state index < -0.39 is 6.10 Å². The van der Waals surface area contributed by atoms with Gasteiger partial charge in [-0.15, -0.1) is 0 Å². The number of hydrogen-bond donors (Lipinski definition) is 2. The molecule has 100 valence electrons. The van der Waals surface area contributed by atoms with E-state index >= 15 is 0 Å². The van der Waals surface area contributed by atoms with E-state index in [0.717, 1.165) is 22.4 Å². The highest BCUT2D eigenvalue weighted by Gasteiger charge is 2.09. The predicted octanol–water partition coefficient (Wildman–Crippen LogP) is 4.10. The minimum Gasteiger partial charge on any atom is -0.387 e. The lowest BCUT2D eigenvalue weighted by Crippen LogP contribution is -2.13. The van der Waals surface area contributed by atoms with Gasteiger partial charge in [0.1, 0.15) is 0 Å². The summed E-state index contributed by atoms with van der Waals surface area (Å²) in [5.41, 5.74) is 4.01. The van der Waals surface area contributed by atoms with Crippen molar-refractivity contribution in [2.45, 2.75) is 20.0 Å². The van der Waals surface area contributed by atoms with Gasteiger partial charge in [-0.3, -0.25) is 0 Å². The third-order valence-electron chi connectivity index (χ3n) is 3.09. The highest BCUT2D eigenvalue weighted by molar-refractivity contribution is 6.33. The lowest BCUT2D eigenvalue weighted by Gasteiger charge is -2.16. The maximum Gasteiger partial charge on any atom is 0.0962 e. The average molecular weight is 276 g/mol. The molecule has 3 heteroatoms. The van der Waals surface area contributed by atoms with Crippen LogP contribution in [0.15, 0.2) is 42.5 Å². The van der Waals surface area contributed by atoms with Gasteiger partial charge in [0, 0.05) is 6.54 Å². The van der Waals surface area contributed by atoms with Crippen molar-refractivity contribution in [2.24, 2.45) is 0 Å². The Kier molecular flexibility index (Phi) is 4.46. The van der Waals surface area contributed by atoms with Crippen molar-refractivity contribution in [1.29, 1.82) is 0 Å². The molecule has 1 atom stereocenters. The Balaban J connectivity index is 2.07. The molecule has 1 unspecified atom stereocenters. The second-order valence-electron chi connectivity index (χ2n) is 4.75. The second-order valence-corrected chi connectivity index (χ2v) is 5.15. The van der Waals surface area contributed by atoms with Crippen molar-refractivity contribution >= 4 is 17.3 Å². The fourth-order valence-electron chi connectivity index (χ4n) is 2.13. The molecule has 0 aliphatic carbocycles. The lowest BCUT2D eigenvalue weighted by atomic mass is 10.1. The quantitative estimate of drug-likeness (QED) is 0.880. The van der Waals surface area contributed by atoms with E-state index in [1.54, 1.807) is 0 Å². The van der Waals surface area contributed by atoms with Crippen LogP contribution in [0.2, 0.25) is 5.02 Å². The van der Waals surface area contributed by atoms with Gasteiger partial charge in [0.15, 0.2) is 0 Å². The normalized spacial score (nSPS) is 12.2. The summed E-state index contributed by atoms with van der Waals surface area (Å²) in [6.45, 7) is 4.46. The van der Waals surface area contributed by atoms with Crippen molar-refractivity contribution in [3.05, 3.63) is 64.2 Å². The van der Waals surface area contributed by atoms with Gasteiger partial charge in [0.2, 0.25) is 0 Å². The first-order valence-electron chi connectivity index (χ1n) is 6.31. The summed E-state index contributed by atoms with van der Waals surface area (Å²) in [6.07, 6.45) is -0.544. The minimum atomic E-state index is -0.544. The largest absolute Gasteiger partial charge is 0.387 e. The highest BCUT2D eigenvalue weighted by atomic mass is 35.5. The second kappa shape index (κ2) is 6.09. The highest BCUT2D eigenvalue weighted by Crippen LogP contribution is 2.28. The molecule has 0 radical (unpaired) electrons. The fraction of sp³-hybridized carbons (Fsp3) is 0.250. The first-order chi connectivity index (χ1) is 9.08. The van der Waals surface area contributed by atoms with Crippen LogP contribution < -0.4 is 5.32 Å². The zero-order chi connectivity index (χ0) is 13.8. The summed E-state index contributed by atoms with van der Waals surface area (Å²) in [6, 6.07) is 13.6. The summed E-state index contributed by atoms with van der Waals surface area (Å²) in [7, 11) is 0. The number of nitrogens with one attached hydrogen (secondary N) is 1. The number of hydrogen-bond acceptors (Lipinski definition) is 2. The van der Waals surface area contributed by atoms with Crippen molar-refractivity contribution in [1.82, 2.24) is 0 Å². The van der Waals surface area contributed by atoms with Crippen molar-refractivity contribution < 1.29 is 5.11 Å². The summed E-state index contributed by atoms with van der Waals surface area (Å²) in [5, 5.41) is 14.0. The summed E-state index contributed by atoms with van der Waals surface area (Å²) in [4.78, 5) is 0.